The van der Waals surface area contributed by atoms with Gasteiger partial charge >= 0.3 is 0 Å². The quantitative estimate of drug-likeness (QED) is 0.476. The van der Waals surface area contributed by atoms with Gasteiger partial charge in [-0.3, -0.25) is 0 Å². The van der Waals surface area contributed by atoms with E-state index < -0.39 is 0 Å². The maximum atomic E-state index is 9.99. The van der Waals surface area contributed by atoms with Gasteiger partial charge in [-0.1, -0.05) is 54.6 Å². The van der Waals surface area contributed by atoms with Crippen LogP contribution in [-0.2, 0) is 12.8 Å². The Bertz CT molecular complexity index is 1140. The molecule has 0 radical (unpaired) electrons. The highest BCUT2D eigenvalue weighted by molar-refractivity contribution is 5.80. The van der Waals surface area contributed by atoms with Crippen molar-refractivity contribution in [3.8, 4) is 33.8 Å². The van der Waals surface area contributed by atoms with Crippen LogP contribution in [0, 0.1) is 6.92 Å². The lowest BCUT2D eigenvalue weighted by atomic mass is 9.90. The van der Waals surface area contributed by atoms with Crippen molar-refractivity contribution in [1.82, 2.24) is 4.57 Å². The van der Waals surface area contributed by atoms with E-state index >= 15 is 0 Å². The first kappa shape index (κ1) is 16.0. The standard InChI is InChI=1S/C25H21NO/c1-17-15-20(12-14-25(17)27)26-23-13-11-18-7-5-6-10-21(18)22(23)16-24(26)19-8-3-2-4-9-19/h2-10,12,14-16,27H,11,13H2,1H3. The van der Waals surface area contributed by atoms with Crippen LogP contribution in [-0.4, -0.2) is 9.67 Å². The molecule has 5 rings (SSSR count). The van der Waals surface area contributed by atoms with Crippen molar-refractivity contribution in [3.05, 3.63) is 95.7 Å². The molecule has 1 aliphatic carbocycles. The maximum absolute atomic E-state index is 9.99. The van der Waals surface area contributed by atoms with E-state index in [1.54, 1.807) is 6.07 Å². The van der Waals surface area contributed by atoms with Gasteiger partial charge in [0.05, 0.1) is 5.69 Å². The molecule has 0 fully saturated rings. The molecular weight excluding hydrogens is 330 g/mol. The van der Waals surface area contributed by atoms with E-state index in [2.05, 4.69) is 71.3 Å². The van der Waals surface area contributed by atoms with Crippen LogP contribution in [0.25, 0.3) is 28.1 Å². The Morgan fingerprint density at radius 1 is 0.778 bits per heavy atom. The summed E-state index contributed by atoms with van der Waals surface area (Å²) in [6, 6.07) is 27.5. The predicted molar refractivity (Wildman–Crippen MR) is 110 cm³/mol. The van der Waals surface area contributed by atoms with Crippen LogP contribution >= 0.6 is 0 Å². The second-order valence-electron chi connectivity index (χ2n) is 7.22. The van der Waals surface area contributed by atoms with Gasteiger partial charge in [-0.25, -0.2) is 0 Å². The van der Waals surface area contributed by atoms with Gasteiger partial charge in [-0.15, -0.1) is 0 Å². The van der Waals surface area contributed by atoms with Gasteiger partial charge in [-0.05, 0) is 66.3 Å². The summed E-state index contributed by atoms with van der Waals surface area (Å²) in [5.41, 5.74) is 9.82. The zero-order valence-corrected chi connectivity index (χ0v) is 15.3. The third kappa shape index (κ3) is 2.57. The molecule has 0 atom stereocenters. The van der Waals surface area contributed by atoms with Crippen molar-refractivity contribution in [3.63, 3.8) is 0 Å². The summed E-state index contributed by atoms with van der Waals surface area (Å²) in [4.78, 5) is 0. The van der Waals surface area contributed by atoms with Gasteiger partial charge < -0.3 is 9.67 Å². The number of hydrogen-bond acceptors (Lipinski definition) is 1. The summed E-state index contributed by atoms with van der Waals surface area (Å²) in [6.07, 6.45) is 2.07. The number of fused-ring (bicyclic) bond motifs is 3. The first-order chi connectivity index (χ1) is 13.2. The number of phenolic OH excluding ortho intramolecular Hbond substituents is 1. The van der Waals surface area contributed by atoms with E-state index in [-0.39, 0.29) is 0 Å². The molecule has 0 saturated heterocycles. The van der Waals surface area contributed by atoms with Crippen molar-refractivity contribution in [1.29, 1.82) is 0 Å². The van der Waals surface area contributed by atoms with Crippen molar-refractivity contribution in [2.24, 2.45) is 0 Å². The highest BCUT2D eigenvalue weighted by Crippen LogP contribution is 2.40. The molecular formula is C25H21NO. The number of aromatic hydroxyl groups is 1. The molecule has 0 bridgehead atoms. The Balaban J connectivity index is 1.81. The van der Waals surface area contributed by atoms with E-state index in [1.807, 2.05) is 13.0 Å². The molecule has 0 unspecified atom stereocenters. The van der Waals surface area contributed by atoms with Crippen LogP contribution in [0.15, 0.2) is 78.9 Å². The lowest BCUT2D eigenvalue weighted by Gasteiger charge is -2.20. The topological polar surface area (TPSA) is 25.2 Å². The van der Waals surface area contributed by atoms with Crippen LogP contribution in [0.4, 0.5) is 0 Å². The Labute approximate surface area is 159 Å². The van der Waals surface area contributed by atoms with E-state index in [0.717, 1.165) is 24.1 Å². The molecule has 0 spiro atoms. The average molecular weight is 351 g/mol. The minimum Gasteiger partial charge on any atom is -0.508 e. The summed E-state index contributed by atoms with van der Waals surface area (Å²) < 4.78 is 2.37. The molecule has 2 heteroatoms. The third-order valence-corrected chi connectivity index (χ3v) is 5.55. The Hall–Kier alpha value is -3.26. The molecule has 0 aliphatic heterocycles. The molecule has 27 heavy (non-hydrogen) atoms. The number of nitrogens with zero attached hydrogens (tertiary/aromatic N) is 1. The smallest absolute Gasteiger partial charge is 0.118 e. The van der Waals surface area contributed by atoms with E-state index in [9.17, 15) is 5.11 Å². The number of rotatable bonds is 2. The van der Waals surface area contributed by atoms with Crippen molar-refractivity contribution < 1.29 is 5.11 Å². The average Bonchev–Trinajstić information content (AvgIpc) is 3.11. The highest BCUT2D eigenvalue weighted by Gasteiger charge is 2.23. The van der Waals surface area contributed by atoms with Crippen LogP contribution in [0.5, 0.6) is 5.75 Å². The lowest BCUT2D eigenvalue weighted by molar-refractivity contribution is 0.471. The number of phenols is 1. The van der Waals surface area contributed by atoms with Crippen molar-refractivity contribution in [2.45, 2.75) is 19.8 Å². The molecule has 3 aromatic carbocycles. The number of benzene rings is 3. The normalized spacial score (nSPS) is 12.5. The fourth-order valence-corrected chi connectivity index (χ4v) is 4.18. The fourth-order valence-electron chi connectivity index (χ4n) is 4.18. The SMILES string of the molecule is Cc1cc(-n2c(-c3ccccc3)cc3c2CCc2ccccc2-3)ccc1O. The van der Waals surface area contributed by atoms with Crippen LogP contribution < -0.4 is 0 Å². The van der Waals surface area contributed by atoms with E-state index in [4.69, 9.17) is 0 Å². The first-order valence-electron chi connectivity index (χ1n) is 9.40. The summed E-state index contributed by atoms with van der Waals surface area (Å²) >= 11 is 0. The predicted octanol–water partition coefficient (Wildman–Crippen LogP) is 5.92. The number of hydrogen-bond donors (Lipinski definition) is 1. The largest absolute Gasteiger partial charge is 0.508 e. The van der Waals surface area contributed by atoms with Crippen LogP contribution in [0.3, 0.4) is 0 Å². The molecule has 4 aromatic rings. The third-order valence-electron chi connectivity index (χ3n) is 5.55. The summed E-state index contributed by atoms with van der Waals surface area (Å²) in [7, 11) is 0. The van der Waals surface area contributed by atoms with Crippen LogP contribution in [0.2, 0.25) is 0 Å². The molecule has 1 heterocycles. The van der Waals surface area contributed by atoms with E-state index in [0.29, 0.717) is 5.75 Å². The molecule has 132 valence electrons. The maximum Gasteiger partial charge on any atom is 0.118 e. The van der Waals surface area contributed by atoms with Gasteiger partial charge in [0.1, 0.15) is 5.75 Å². The zero-order chi connectivity index (χ0) is 18.4. The first-order valence-corrected chi connectivity index (χ1v) is 9.40. The van der Waals surface area contributed by atoms with Gasteiger partial charge in [0.15, 0.2) is 0 Å². The molecule has 1 aliphatic rings. The summed E-state index contributed by atoms with van der Waals surface area (Å²) in [5, 5.41) is 9.99. The molecule has 1 aromatic heterocycles. The molecule has 1 N–H and O–H groups in total. The Morgan fingerprint density at radius 2 is 1.56 bits per heavy atom. The van der Waals surface area contributed by atoms with Crippen molar-refractivity contribution in [2.75, 3.05) is 0 Å². The van der Waals surface area contributed by atoms with Crippen LogP contribution in [0.1, 0.15) is 16.8 Å². The second-order valence-corrected chi connectivity index (χ2v) is 7.22. The Morgan fingerprint density at radius 3 is 2.37 bits per heavy atom. The Kier molecular flexibility index (Phi) is 3.64. The molecule has 0 saturated carbocycles. The van der Waals surface area contributed by atoms with Gasteiger partial charge in [0.25, 0.3) is 0 Å². The summed E-state index contributed by atoms with van der Waals surface area (Å²) in [6.45, 7) is 1.95. The minimum absolute atomic E-state index is 0.339. The second kappa shape index (κ2) is 6.17. The van der Waals surface area contributed by atoms with Gasteiger partial charge in [0.2, 0.25) is 0 Å². The summed E-state index contributed by atoms with van der Waals surface area (Å²) in [5.74, 6) is 0.339. The molecule has 0 amide bonds. The van der Waals surface area contributed by atoms with Crippen molar-refractivity contribution >= 4 is 0 Å². The van der Waals surface area contributed by atoms with E-state index in [1.165, 1.54) is 33.6 Å². The molecule has 2 nitrogen and oxygen atoms in total. The monoisotopic (exact) mass is 351 g/mol. The lowest BCUT2D eigenvalue weighted by Crippen LogP contribution is -2.08. The number of aryl methyl sites for hydroxylation is 2. The van der Waals surface area contributed by atoms with Gasteiger partial charge in [-0.2, -0.15) is 0 Å². The highest BCUT2D eigenvalue weighted by atomic mass is 16.3. The number of aromatic nitrogens is 1. The minimum atomic E-state index is 0.339. The zero-order valence-electron chi connectivity index (χ0n) is 15.3. The fraction of sp³-hybridized carbons (Fsp3) is 0.120. The van der Waals surface area contributed by atoms with Gasteiger partial charge in [0, 0.05) is 16.9 Å².